The zero-order valence-corrected chi connectivity index (χ0v) is 15.7. The molecule has 1 amide bonds. The maximum atomic E-state index is 12.6. The Labute approximate surface area is 170 Å². The molecule has 0 spiro atoms. The number of nitrogens with zero attached hydrogens (tertiary/aromatic N) is 4. The number of hydrazone groups is 1. The number of benzene rings is 2. The molecule has 9 heteroatoms. The fourth-order valence-electron chi connectivity index (χ4n) is 2.63. The third kappa shape index (κ3) is 4.13. The van der Waals surface area contributed by atoms with Crippen molar-refractivity contribution in [3.63, 3.8) is 0 Å². The van der Waals surface area contributed by atoms with Gasteiger partial charge in [0, 0.05) is 5.56 Å². The van der Waals surface area contributed by atoms with Crippen LogP contribution in [0.2, 0.25) is 0 Å². The van der Waals surface area contributed by atoms with E-state index in [0.717, 1.165) is 4.68 Å². The van der Waals surface area contributed by atoms with Crippen molar-refractivity contribution < 1.29 is 14.7 Å². The summed E-state index contributed by atoms with van der Waals surface area (Å²) in [4.78, 5) is 36.0. The van der Waals surface area contributed by atoms with Crippen LogP contribution in [0.4, 0.5) is 0 Å². The van der Waals surface area contributed by atoms with Gasteiger partial charge in [-0.2, -0.15) is 20.1 Å². The first kappa shape index (κ1) is 20.2. The first-order valence-electron chi connectivity index (χ1n) is 8.68. The quantitative estimate of drug-likeness (QED) is 0.494. The van der Waals surface area contributed by atoms with Crippen molar-refractivity contribution in [2.75, 3.05) is 0 Å². The predicted molar refractivity (Wildman–Crippen MR) is 108 cm³/mol. The van der Waals surface area contributed by atoms with Crippen LogP contribution in [0.5, 0.6) is 0 Å². The van der Waals surface area contributed by atoms with Gasteiger partial charge in [0.1, 0.15) is 11.6 Å². The third-order valence-corrected chi connectivity index (χ3v) is 4.20. The number of carbonyl (C=O) groups is 2. The van der Waals surface area contributed by atoms with Crippen LogP contribution in [0.3, 0.4) is 0 Å². The molecule has 0 fully saturated rings. The van der Waals surface area contributed by atoms with Crippen LogP contribution >= 0.6 is 0 Å². The largest absolute Gasteiger partial charge is 0.478 e. The van der Waals surface area contributed by atoms with Gasteiger partial charge in [0.05, 0.1) is 17.5 Å². The molecule has 148 valence electrons. The number of para-hydroxylation sites is 1. The smallest absolute Gasteiger partial charge is 0.335 e. The van der Waals surface area contributed by atoms with Crippen LogP contribution in [0.15, 0.2) is 64.5 Å². The van der Waals surface area contributed by atoms with Crippen molar-refractivity contribution in [1.82, 2.24) is 15.2 Å². The van der Waals surface area contributed by atoms with Crippen LogP contribution in [-0.4, -0.2) is 33.0 Å². The van der Waals surface area contributed by atoms with Gasteiger partial charge in [-0.25, -0.2) is 10.2 Å². The molecule has 3 aromatic rings. The summed E-state index contributed by atoms with van der Waals surface area (Å²) in [5.74, 6) is -1.75. The third-order valence-electron chi connectivity index (χ3n) is 4.20. The highest BCUT2D eigenvalue weighted by Gasteiger charge is 2.20. The van der Waals surface area contributed by atoms with Crippen molar-refractivity contribution in [2.45, 2.75) is 6.92 Å². The molecule has 30 heavy (non-hydrogen) atoms. The van der Waals surface area contributed by atoms with Gasteiger partial charge in [0.25, 0.3) is 11.5 Å². The molecule has 0 radical (unpaired) electrons. The minimum atomic E-state index is -1.05. The Morgan fingerprint density at radius 2 is 1.83 bits per heavy atom. The Kier molecular flexibility index (Phi) is 5.79. The van der Waals surface area contributed by atoms with Gasteiger partial charge in [0.2, 0.25) is 0 Å². The second-order valence-corrected chi connectivity index (χ2v) is 6.14. The molecule has 0 aliphatic rings. The fourth-order valence-corrected chi connectivity index (χ4v) is 2.63. The molecule has 0 aliphatic heterocycles. The second kappa shape index (κ2) is 8.62. The number of hydrogen-bond donors (Lipinski definition) is 2. The highest BCUT2D eigenvalue weighted by Crippen LogP contribution is 2.10. The van der Waals surface area contributed by atoms with Gasteiger partial charge in [-0.05, 0) is 36.8 Å². The summed E-state index contributed by atoms with van der Waals surface area (Å²) in [6.07, 6.45) is 1.33. The summed E-state index contributed by atoms with van der Waals surface area (Å²) in [6.45, 7) is 1.46. The van der Waals surface area contributed by atoms with Crippen molar-refractivity contribution >= 4 is 18.1 Å². The van der Waals surface area contributed by atoms with Gasteiger partial charge in [0.15, 0.2) is 5.69 Å². The molecule has 1 aromatic heterocycles. The number of rotatable bonds is 5. The highest BCUT2D eigenvalue weighted by molar-refractivity contribution is 5.95. The van der Waals surface area contributed by atoms with E-state index in [9.17, 15) is 19.6 Å². The molecule has 2 aromatic carbocycles. The Bertz CT molecular complexity index is 1240. The summed E-state index contributed by atoms with van der Waals surface area (Å²) >= 11 is 0. The SMILES string of the molecule is Cc1c(C(=O)N/N=C\c2ccc(C(=O)O)cc2)nn(-c2ccccc2)c(=O)c1C#N. The van der Waals surface area contributed by atoms with Gasteiger partial charge >= 0.3 is 5.97 Å². The van der Waals surface area contributed by atoms with E-state index < -0.39 is 17.4 Å². The number of carbonyl (C=O) groups excluding carboxylic acids is 1. The molecule has 0 unspecified atom stereocenters. The number of aromatic carboxylic acids is 1. The van der Waals surface area contributed by atoms with Crippen LogP contribution < -0.4 is 11.0 Å². The van der Waals surface area contributed by atoms with Crippen molar-refractivity contribution in [2.24, 2.45) is 5.10 Å². The van der Waals surface area contributed by atoms with Gasteiger partial charge in [-0.3, -0.25) is 9.59 Å². The van der Waals surface area contributed by atoms with Crippen molar-refractivity contribution in [3.8, 4) is 11.8 Å². The Morgan fingerprint density at radius 1 is 1.17 bits per heavy atom. The number of nitrogens with one attached hydrogen (secondary N) is 1. The lowest BCUT2D eigenvalue weighted by molar-refractivity contribution is 0.0696. The topological polar surface area (TPSA) is 137 Å². The van der Waals surface area contributed by atoms with Gasteiger partial charge in [-0.15, -0.1) is 0 Å². The van der Waals surface area contributed by atoms with E-state index in [2.05, 4.69) is 15.6 Å². The Balaban J connectivity index is 1.89. The molecular weight excluding hydrogens is 386 g/mol. The van der Waals surface area contributed by atoms with Gasteiger partial charge < -0.3 is 5.11 Å². The minimum Gasteiger partial charge on any atom is -0.478 e. The first-order valence-corrected chi connectivity index (χ1v) is 8.68. The van der Waals surface area contributed by atoms with E-state index in [1.807, 2.05) is 6.07 Å². The number of hydrogen-bond acceptors (Lipinski definition) is 6. The summed E-state index contributed by atoms with van der Waals surface area (Å²) in [5.41, 5.74) is 2.62. The van der Waals surface area contributed by atoms with E-state index in [0.29, 0.717) is 11.3 Å². The normalized spacial score (nSPS) is 10.5. The summed E-state index contributed by atoms with van der Waals surface area (Å²) in [7, 11) is 0. The van der Waals surface area contributed by atoms with Crippen LogP contribution in [0.1, 0.15) is 37.5 Å². The average Bonchev–Trinajstić information content (AvgIpc) is 2.75. The number of carboxylic acid groups (broad SMARTS) is 1. The zero-order chi connectivity index (χ0) is 21.7. The molecular formula is C21H15N5O4. The summed E-state index contributed by atoms with van der Waals surface area (Å²) in [5, 5.41) is 26.2. The van der Waals surface area contributed by atoms with Crippen molar-refractivity contribution in [3.05, 3.63) is 92.9 Å². The van der Waals surface area contributed by atoms with Crippen LogP contribution in [0, 0.1) is 18.3 Å². The average molecular weight is 401 g/mol. The Hall–Kier alpha value is -4.58. The standard InChI is InChI=1S/C21H15N5O4/c1-13-17(11-22)20(28)26(16-5-3-2-4-6-16)25-18(13)19(27)24-23-12-14-7-9-15(10-8-14)21(29)30/h2-10,12H,1H3,(H,24,27)(H,29,30)/b23-12-. The number of carboxylic acids is 1. The molecule has 0 bridgehead atoms. The highest BCUT2D eigenvalue weighted by atomic mass is 16.4. The lowest BCUT2D eigenvalue weighted by Gasteiger charge is -2.10. The van der Waals surface area contributed by atoms with Crippen LogP contribution in [0.25, 0.3) is 5.69 Å². The van der Waals surface area contributed by atoms with E-state index >= 15 is 0 Å². The first-order chi connectivity index (χ1) is 14.4. The fraction of sp³-hybridized carbons (Fsp3) is 0.0476. The summed E-state index contributed by atoms with van der Waals surface area (Å²) < 4.78 is 0.995. The monoisotopic (exact) mass is 401 g/mol. The van der Waals surface area contributed by atoms with E-state index in [1.165, 1.54) is 37.4 Å². The van der Waals surface area contributed by atoms with Crippen molar-refractivity contribution in [1.29, 1.82) is 5.26 Å². The van der Waals surface area contributed by atoms with E-state index in [4.69, 9.17) is 5.11 Å². The lowest BCUT2D eigenvalue weighted by Crippen LogP contribution is -2.31. The van der Waals surface area contributed by atoms with E-state index in [-0.39, 0.29) is 22.4 Å². The number of nitriles is 1. The van der Waals surface area contributed by atoms with Crippen LogP contribution in [-0.2, 0) is 0 Å². The molecule has 2 N–H and O–H groups in total. The minimum absolute atomic E-state index is 0.117. The lowest BCUT2D eigenvalue weighted by atomic mass is 10.1. The second-order valence-electron chi connectivity index (χ2n) is 6.14. The number of aromatic nitrogens is 2. The molecule has 1 heterocycles. The summed E-state index contributed by atoms with van der Waals surface area (Å²) in [6, 6.07) is 16.1. The molecule has 9 nitrogen and oxygen atoms in total. The Morgan fingerprint density at radius 3 is 2.43 bits per heavy atom. The van der Waals surface area contributed by atoms with E-state index in [1.54, 1.807) is 30.3 Å². The molecule has 0 saturated carbocycles. The molecule has 0 atom stereocenters. The zero-order valence-electron chi connectivity index (χ0n) is 15.7. The number of amides is 1. The molecule has 0 saturated heterocycles. The maximum absolute atomic E-state index is 12.6. The molecule has 3 rings (SSSR count). The predicted octanol–water partition coefficient (Wildman–Crippen LogP) is 1.87. The maximum Gasteiger partial charge on any atom is 0.335 e. The molecule has 0 aliphatic carbocycles. The van der Waals surface area contributed by atoms with Gasteiger partial charge in [-0.1, -0.05) is 30.3 Å².